The minimum Gasteiger partial charge on any atom is -0.258 e. The fourth-order valence-corrected chi connectivity index (χ4v) is 1.81. The highest BCUT2D eigenvalue weighted by Crippen LogP contribution is 2.24. The molecule has 5 heteroatoms. The lowest BCUT2D eigenvalue weighted by atomic mass is 10.1. The van der Waals surface area contributed by atoms with Crippen LogP contribution in [0.1, 0.15) is 5.56 Å². The summed E-state index contributed by atoms with van der Waals surface area (Å²) in [5.41, 5.74) is 2.33. The maximum absolute atomic E-state index is 10.7. The molecule has 0 fully saturated rings. The Labute approximate surface area is 103 Å². The molecule has 0 radical (unpaired) electrons. The van der Waals surface area contributed by atoms with Crippen LogP contribution in [0.15, 0.2) is 36.4 Å². The van der Waals surface area contributed by atoms with Crippen molar-refractivity contribution in [3.63, 3.8) is 0 Å². The first-order valence-corrected chi connectivity index (χ1v) is 5.33. The summed E-state index contributed by atoms with van der Waals surface area (Å²) in [6.07, 6.45) is 0. The van der Waals surface area contributed by atoms with Crippen LogP contribution in [0, 0.1) is 17.0 Å². The molecule has 4 nitrogen and oxygen atoms in total. The first kappa shape index (κ1) is 11.5. The SMILES string of the molecule is Cc1cc(Cl)nc(-c2cccc([N+](=O)[O-])c2)c1. The molecule has 17 heavy (non-hydrogen) atoms. The van der Waals surface area contributed by atoms with Crippen molar-refractivity contribution >= 4 is 17.3 Å². The molecule has 0 spiro atoms. The zero-order valence-electron chi connectivity index (χ0n) is 9.05. The lowest BCUT2D eigenvalue weighted by Gasteiger charge is -2.03. The van der Waals surface area contributed by atoms with Crippen LogP contribution in [0.4, 0.5) is 5.69 Å². The van der Waals surface area contributed by atoms with Crippen molar-refractivity contribution in [1.82, 2.24) is 4.98 Å². The molecule has 0 unspecified atom stereocenters. The molecule has 1 aromatic carbocycles. The van der Waals surface area contributed by atoms with Crippen molar-refractivity contribution in [2.45, 2.75) is 6.92 Å². The molecule has 0 aliphatic heterocycles. The van der Waals surface area contributed by atoms with Gasteiger partial charge in [-0.3, -0.25) is 10.1 Å². The molecule has 0 aliphatic rings. The number of rotatable bonds is 2. The van der Waals surface area contributed by atoms with Crippen LogP contribution < -0.4 is 0 Å². The number of aryl methyl sites for hydroxylation is 1. The number of aromatic nitrogens is 1. The molecular weight excluding hydrogens is 240 g/mol. The van der Waals surface area contributed by atoms with Crippen molar-refractivity contribution < 1.29 is 4.92 Å². The number of halogens is 1. The van der Waals surface area contributed by atoms with Gasteiger partial charge in [0.15, 0.2) is 0 Å². The van der Waals surface area contributed by atoms with E-state index in [9.17, 15) is 10.1 Å². The Morgan fingerprint density at radius 2 is 2.06 bits per heavy atom. The minimum atomic E-state index is -0.430. The van der Waals surface area contributed by atoms with Crippen LogP contribution in [0.2, 0.25) is 5.15 Å². The van der Waals surface area contributed by atoms with E-state index in [-0.39, 0.29) is 5.69 Å². The Morgan fingerprint density at radius 3 is 2.71 bits per heavy atom. The molecule has 86 valence electrons. The summed E-state index contributed by atoms with van der Waals surface area (Å²) in [4.78, 5) is 14.4. The standard InChI is InChI=1S/C12H9ClN2O2/c1-8-5-11(14-12(13)6-8)9-3-2-4-10(7-9)15(16)17/h2-7H,1H3. The van der Waals surface area contributed by atoms with Gasteiger partial charge in [-0.1, -0.05) is 23.7 Å². The van der Waals surface area contributed by atoms with Crippen LogP contribution in [-0.2, 0) is 0 Å². The number of benzene rings is 1. The molecular formula is C12H9ClN2O2. The number of nitro benzene ring substituents is 1. The summed E-state index contributed by atoms with van der Waals surface area (Å²) < 4.78 is 0. The van der Waals surface area contributed by atoms with Crippen molar-refractivity contribution in [2.75, 3.05) is 0 Å². The molecule has 2 aromatic rings. The normalized spacial score (nSPS) is 10.2. The van der Waals surface area contributed by atoms with Crippen LogP contribution in [0.5, 0.6) is 0 Å². The number of non-ortho nitro benzene ring substituents is 1. The van der Waals surface area contributed by atoms with Gasteiger partial charge in [0.2, 0.25) is 0 Å². The lowest BCUT2D eigenvalue weighted by molar-refractivity contribution is -0.384. The van der Waals surface area contributed by atoms with Gasteiger partial charge in [0.05, 0.1) is 10.6 Å². The monoisotopic (exact) mass is 248 g/mol. The second-order valence-corrected chi connectivity index (χ2v) is 4.05. The third-order valence-corrected chi connectivity index (χ3v) is 2.48. The Balaban J connectivity index is 2.52. The molecule has 0 N–H and O–H groups in total. The second kappa shape index (κ2) is 4.51. The van der Waals surface area contributed by atoms with E-state index in [1.807, 2.05) is 13.0 Å². The summed E-state index contributed by atoms with van der Waals surface area (Å²) in [7, 11) is 0. The van der Waals surface area contributed by atoms with Crippen molar-refractivity contribution in [3.05, 3.63) is 57.2 Å². The predicted molar refractivity (Wildman–Crippen MR) is 66.1 cm³/mol. The van der Waals surface area contributed by atoms with Crippen LogP contribution in [0.3, 0.4) is 0 Å². The largest absolute Gasteiger partial charge is 0.270 e. The van der Waals surface area contributed by atoms with E-state index < -0.39 is 4.92 Å². The van der Waals surface area contributed by atoms with Crippen LogP contribution in [-0.4, -0.2) is 9.91 Å². The maximum Gasteiger partial charge on any atom is 0.270 e. The van der Waals surface area contributed by atoms with E-state index in [4.69, 9.17) is 11.6 Å². The molecule has 1 aromatic heterocycles. The fourth-order valence-electron chi connectivity index (χ4n) is 1.55. The molecule has 0 aliphatic carbocycles. The van der Waals surface area contributed by atoms with Crippen LogP contribution in [0.25, 0.3) is 11.3 Å². The number of nitrogens with zero attached hydrogens (tertiary/aromatic N) is 2. The van der Waals surface area contributed by atoms with E-state index in [1.54, 1.807) is 18.2 Å². The number of nitro groups is 1. The second-order valence-electron chi connectivity index (χ2n) is 3.66. The van der Waals surface area contributed by atoms with Gasteiger partial charge in [0.1, 0.15) is 5.15 Å². The Morgan fingerprint density at radius 1 is 1.29 bits per heavy atom. The smallest absolute Gasteiger partial charge is 0.258 e. The Kier molecular flexibility index (Phi) is 3.06. The molecule has 1 heterocycles. The van der Waals surface area contributed by atoms with Gasteiger partial charge in [-0.2, -0.15) is 0 Å². The van der Waals surface area contributed by atoms with Crippen molar-refractivity contribution in [2.24, 2.45) is 0 Å². The third-order valence-electron chi connectivity index (χ3n) is 2.29. The summed E-state index contributed by atoms with van der Waals surface area (Å²) >= 11 is 5.86. The maximum atomic E-state index is 10.7. The van der Waals surface area contributed by atoms with Gasteiger partial charge >= 0.3 is 0 Å². The van der Waals surface area contributed by atoms with Gasteiger partial charge < -0.3 is 0 Å². The van der Waals surface area contributed by atoms with E-state index in [2.05, 4.69) is 4.98 Å². The summed E-state index contributed by atoms with van der Waals surface area (Å²) in [6.45, 7) is 1.90. The summed E-state index contributed by atoms with van der Waals surface area (Å²) in [6, 6.07) is 9.91. The van der Waals surface area contributed by atoms with E-state index in [0.717, 1.165) is 5.56 Å². The molecule has 0 bridgehead atoms. The number of pyridine rings is 1. The summed E-state index contributed by atoms with van der Waals surface area (Å²) in [5, 5.41) is 11.1. The van der Waals surface area contributed by atoms with Crippen molar-refractivity contribution in [1.29, 1.82) is 0 Å². The highest BCUT2D eigenvalue weighted by Gasteiger charge is 2.08. The van der Waals surface area contributed by atoms with E-state index >= 15 is 0 Å². The zero-order chi connectivity index (χ0) is 12.4. The van der Waals surface area contributed by atoms with Gasteiger partial charge in [-0.05, 0) is 24.6 Å². The molecule has 0 amide bonds. The minimum absolute atomic E-state index is 0.0435. The van der Waals surface area contributed by atoms with Gasteiger partial charge in [0, 0.05) is 17.7 Å². The zero-order valence-corrected chi connectivity index (χ0v) is 9.81. The predicted octanol–water partition coefficient (Wildman–Crippen LogP) is 3.62. The first-order chi connectivity index (χ1) is 8.06. The summed E-state index contributed by atoms with van der Waals surface area (Å²) in [5.74, 6) is 0. The number of hydrogen-bond acceptors (Lipinski definition) is 3. The Bertz CT molecular complexity index is 564. The first-order valence-electron chi connectivity index (χ1n) is 4.95. The Hall–Kier alpha value is -1.94. The fraction of sp³-hybridized carbons (Fsp3) is 0.0833. The quantitative estimate of drug-likeness (QED) is 0.463. The average Bonchev–Trinajstić information content (AvgIpc) is 2.28. The van der Waals surface area contributed by atoms with Gasteiger partial charge in [-0.15, -0.1) is 0 Å². The topological polar surface area (TPSA) is 56.0 Å². The highest BCUT2D eigenvalue weighted by molar-refractivity contribution is 6.29. The molecule has 2 rings (SSSR count). The van der Waals surface area contributed by atoms with Gasteiger partial charge in [-0.25, -0.2) is 4.98 Å². The van der Waals surface area contributed by atoms with Gasteiger partial charge in [0.25, 0.3) is 5.69 Å². The number of hydrogen-bond donors (Lipinski definition) is 0. The highest BCUT2D eigenvalue weighted by atomic mass is 35.5. The van der Waals surface area contributed by atoms with Crippen molar-refractivity contribution in [3.8, 4) is 11.3 Å². The van der Waals surface area contributed by atoms with Crippen LogP contribution >= 0.6 is 11.6 Å². The molecule has 0 saturated heterocycles. The molecule has 0 saturated carbocycles. The average molecular weight is 249 g/mol. The molecule has 0 atom stereocenters. The lowest BCUT2D eigenvalue weighted by Crippen LogP contribution is -1.90. The third kappa shape index (κ3) is 2.60. The van der Waals surface area contributed by atoms with E-state index in [0.29, 0.717) is 16.4 Å². The van der Waals surface area contributed by atoms with E-state index in [1.165, 1.54) is 12.1 Å².